The Morgan fingerprint density at radius 2 is 2.00 bits per heavy atom. The molecule has 0 fully saturated rings. The zero-order valence-electron chi connectivity index (χ0n) is 10.4. The Morgan fingerprint density at radius 3 is 2.84 bits per heavy atom. The minimum atomic E-state index is -0.385. The van der Waals surface area contributed by atoms with Crippen molar-refractivity contribution in [2.24, 2.45) is 0 Å². The summed E-state index contributed by atoms with van der Waals surface area (Å²) in [6.07, 6.45) is 1.68. The molecule has 0 spiro atoms. The van der Waals surface area contributed by atoms with E-state index in [9.17, 15) is 4.79 Å². The largest absolute Gasteiger partial charge is 0.423 e. The maximum Gasteiger partial charge on any atom is 0.345 e. The molecule has 1 heterocycles. The lowest BCUT2D eigenvalue weighted by Gasteiger charge is -2.07. The molecule has 4 nitrogen and oxygen atoms in total. The number of nitrogens with zero attached hydrogens (tertiary/aromatic N) is 1. The van der Waals surface area contributed by atoms with Crippen LogP contribution >= 0.6 is 0 Å². The number of H-pyrrole nitrogens is 1. The average molecular weight is 252 g/mol. The number of hydrogen-bond acceptors (Lipinski definition) is 3. The first-order valence-electron chi connectivity index (χ1n) is 5.95. The van der Waals surface area contributed by atoms with Gasteiger partial charge in [-0.15, -0.1) is 0 Å². The predicted molar refractivity (Wildman–Crippen MR) is 72.2 cm³/mol. The van der Waals surface area contributed by atoms with Crippen molar-refractivity contribution in [1.29, 1.82) is 0 Å². The summed E-state index contributed by atoms with van der Waals surface area (Å²) >= 11 is 0. The van der Waals surface area contributed by atoms with Gasteiger partial charge in [0.1, 0.15) is 5.75 Å². The number of carbonyl (C=O) groups excluding carboxylic acids is 1. The van der Waals surface area contributed by atoms with E-state index in [1.54, 1.807) is 18.3 Å². The van der Waals surface area contributed by atoms with E-state index in [1.165, 1.54) is 0 Å². The summed E-state index contributed by atoms with van der Waals surface area (Å²) in [4.78, 5) is 12.2. The average Bonchev–Trinajstić information content (AvgIpc) is 2.89. The lowest BCUT2D eigenvalue weighted by Crippen LogP contribution is -2.09. The molecule has 0 bridgehead atoms. The maximum atomic E-state index is 12.2. The fourth-order valence-corrected chi connectivity index (χ4v) is 1.96. The van der Waals surface area contributed by atoms with E-state index in [1.807, 2.05) is 37.3 Å². The van der Waals surface area contributed by atoms with Gasteiger partial charge in [-0.25, -0.2) is 4.79 Å². The molecule has 4 heteroatoms. The first-order valence-corrected chi connectivity index (χ1v) is 5.95. The summed E-state index contributed by atoms with van der Waals surface area (Å²) in [5, 5.41) is 7.64. The Balaban J connectivity index is 1.97. The Kier molecular flexibility index (Phi) is 2.76. The topological polar surface area (TPSA) is 55.0 Å². The van der Waals surface area contributed by atoms with Crippen molar-refractivity contribution >= 4 is 16.9 Å². The summed E-state index contributed by atoms with van der Waals surface area (Å²) in [6.45, 7) is 1.90. The number of aromatic nitrogens is 2. The van der Waals surface area contributed by atoms with Crippen molar-refractivity contribution in [3.63, 3.8) is 0 Å². The van der Waals surface area contributed by atoms with E-state index in [2.05, 4.69) is 10.2 Å². The summed E-state index contributed by atoms with van der Waals surface area (Å²) in [6, 6.07) is 12.9. The van der Waals surface area contributed by atoms with Gasteiger partial charge in [-0.3, -0.25) is 5.10 Å². The molecule has 1 N–H and O–H groups in total. The highest BCUT2D eigenvalue weighted by atomic mass is 16.5. The van der Waals surface area contributed by atoms with Crippen molar-refractivity contribution in [1.82, 2.24) is 10.2 Å². The van der Waals surface area contributed by atoms with Gasteiger partial charge < -0.3 is 4.74 Å². The Morgan fingerprint density at radius 1 is 1.16 bits per heavy atom. The van der Waals surface area contributed by atoms with Gasteiger partial charge in [0.2, 0.25) is 0 Å². The van der Waals surface area contributed by atoms with Crippen LogP contribution in [0.1, 0.15) is 15.9 Å². The van der Waals surface area contributed by atoms with E-state index in [0.29, 0.717) is 16.8 Å². The number of ether oxygens (including phenoxy) is 1. The van der Waals surface area contributed by atoms with E-state index >= 15 is 0 Å². The molecule has 0 amide bonds. The Hall–Kier alpha value is -2.62. The third-order valence-electron chi connectivity index (χ3n) is 2.99. The van der Waals surface area contributed by atoms with Gasteiger partial charge >= 0.3 is 5.97 Å². The molecule has 94 valence electrons. The zero-order valence-corrected chi connectivity index (χ0v) is 10.4. The van der Waals surface area contributed by atoms with Crippen LogP contribution < -0.4 is 4.74 Å². The third kappa shape index (κ3) is 2.08. The molecule has 1 aromatic heterocycles. The van der Waals surface area contributed by atoms with Crippen LogP contribution in [0.2, 0.25) is 0 Å². The van der Waals surface area contributed by atoms with Crippen molar-refractivity contribution in [2.45, 2.75) is 6.92 Å². The maximum absolute atomic E-state index is 12.2. The Bertz CT molecular complexity index is 746. The van der Waals surface area contributed by atoms with Gasteiger partial charge in [0.25, 0.3) is 0 Å². The van der Waals surface area contributed by atoms with Gasteiger partial charge in [-0.05, 0) is 24.6 Å². The van der Waals surface area contributed by atoms with Crippen molar-refractivity contribution in [3.05, 3.63) is 59.8 Å². The molecular weight excluding hydrogens is 240 g/mol. The lowest BCUT2D eigenvalue weighted by molar-refractivity contribution is 0.0735. The number of benzene rings is 2. The van der Waals surface area contributed by atoms with Crippen LogP contribution in [0, 0.1) is 6.92 Å². The van der Waals surface area contributed by atoms with Crippen LogP contribution in [0.15, 0.2) is 48.7 Å². The molecule has 0 aliphatic carbocycles. The van der Waals surface area contributed by atoms with Gasteiger partial charge in [0, 0.05) is 5.39 Å². The molecule has 0 aliphatic heterocycles. The molecule has 2 aromatic carbocycles. The minimum absolute atomic E-state index is 0.385. The van der Waals surface area contributed by atoms with E-state index in [4.69, 9.17) is 4.74 Å². The van der Waals surface area contributed by atoms with E-state index in [0.717, 1.165) is 10.9 Å². The van der Waals surface area contributed by atoms with Gasteiger partial charge in [0.05, 0.1) is 17.3 Å². The number of nitrogens with one attached hydrogen (secondary N) is 1. The number of aryl methyl sites for hydroxylation is 1. The first kappa shape index (κ1) is 11.5. The SMILES string of the molecule is Cc1ccccc1OC(=O)c1cccc2cn[nH]c12. The van der Waals surface area contributed by atoms with E-state index in [-0.39, 0.29) is 5.97 Å². The summed E-state index contributed by atoms with van der Waals surface area (Å²) in [5.74, 6) is 0.188. The zero-order chi connectivity index (χ0) is 13.2. The van der Waals surface area contributed by atoms with E-state index < -0.39 is 0 Å². The van der Waals surface area contributed by atoms with Crippen LogP contribution in [0.25, 0.3) is 10.9 Å². The first-order chi connectivity index (χ1) is 9.25. The number of aromatic amines is 1. The molecule has 0 aliphatic rings. The molecule has 0 radical (unpaired) electrons. The number of para-hydroxylation sites is 2. The molecule has 19 heavy (non-hydrogen) atoms. The highest BCUT2D eigenvalue weighted by Crippen LogP contribution is 2.21. The third-order valence-corrected chi connectivity index (χ3v) is 2.99. The second-order valence-electron chi connectivity index (χ2n) is 4.29. The van der Waals surface area contributed by atoms with Crippen LogP contribution in [-0.2, 0) is 0 Å². The van der Waals surface area contributed by atoms with Gasteiger partial charge in [-0.2, -0.15) is 5.10 Å². The molecule has 3 rings (SSSR count). The Labute approximate surface area is 110 Å². The van der Waals surface area contributed by atoms with Crippen molar-refractivity contribution in [2.75, 3.05) is 0 Å². The summed E-state index contributed by atoms with van der Waals surface area (Å²) in [5.41, 5.74) is 2.10. The second kappa shape index (κ2) is 4.57. The van der Waals surface area contributed by atoms with Crippen molar-refractivity contribution < 1.29 is 9.53 Å². The smallest absolute Gasteiger partial charge is 0.345 e. The highest BCUT2D eigenvalue weighted by molar-refractivity contribution is 6.03. The number of carbonyl (C=O) groups is 1. The van der Waals surface area contributed by atoms with Crippen LogP contribution in [0.5, 0.6) is 5.75 Å². The fraction of sp³-hybridized carbons (Fsp3) is 0.0667. The summed E-state index contributed by atoms with van der Waals surface area (Å²) < 4.78 is 5.42. The fourth-order valence-electron chi connectivity index (χ4n) is 1.96. The molecule has 0 saturated carbocycles. The normalized spacial score (nSPS) is 10.6. The number of rotatable bonds is 2. The predicted octanol–water partition coefficient (Wildman–Crippen LogP) is 3.09. The minimum Gasteiger partial charge on any atom is -0.423 e. The van der Waals surface area contributed by atoms with Gasteiger partial charge in [-0.1, -0.05) is 30.3 Å². The van der Waals surface area contributed by atoms with Gasteiger partial charge in [0.15, 0.2) is 0 Å². The summed E-state index contributed by atoms with van der Waals surface area (Å²) in [7, 11) is 0. The van der Waals surface area contributed by atoms with Crippen LogP contribution in [0.4, 0.5) is 0 Å². The second-order valence-corrected chi connectivity index (χ2v) is 4.29. The molecule has 0 saturated heterocycles. The number of hydrogen-bond donors (Lipinski definition) is 1. The van der Waals surface area contributed by atoms with Crippen LogP contribution in [-0.4, -0.2) is 16.2 Å². The molecule has 0 unspecified atom stereocenters. The standard InChI is InChI=1S/C15H12N2O2/c1-10-5-2-3-8-13(10)19-15(18)12-7-4-6-11-9-16-17-14(11)12/h2-9H,1H3,(H,16,17). The number of fused-ring (bicyclic) bond motifs is 1. The highest BCUT2D eigenvalue weighted by Gasteiger charge is 2.14. The number of esters is 1. The quantitative estimate of drug-likeness (QED) is 0.563. The molecule has 0 atom stereocenters. The molecule has 3 aromatic rings. The van der Waals surface area contributed by atoms with Crippen molar-refractivity contribution in [3.8, 4) is 5.75 Å². The lowest BCUT2D eigenvalue weighted by atomic mass is 10.1. The monoisotopic (exact) mass is 252 g/mol. The van der Waals surface area contributed by atoms with Crippen LogP contribution in [0.3, 0.4) is 0 Å². The molecular formula is C15H12N2O2.